The second-order valence-corrected chi connectivity index (χ2v) is 3.00. The lowest BCUT2D eigenvalue weighted by atomic mass is 10.2. The highest BCUT2D eigenvalue weighted by Crippen LogP contribution is 2.18. The molecule has 0 spiro atoms. The Morgan fingerprint density at radius 1 is 1.31 bits per heavy atom. The largest absolute Gasteiger partial charge is 0.464 e. The van der Waals surface area contributed by atoms with Crippen LogP contribution in [0, 0.1) is 5.82 Å². The molecule has 1 aromatic carbocycles. The Morgan fingerprint density at radius 2 is 1.88 bits per heavy atom. The fourth-order valence-corrected chi connectivity index (χ4v) is 0.979. The molecule has 5 heteroatoms. The van der Waals surface area contributed by atoms with E-state index < -0.39 is 17.7 Å². The average molecular weight is 230 g/mol. The summed E-state index contributed by atoms with van der Waals surface area (Å²) in [5.74, 6) is -5.77. The highest BCUT2D eigenvalue weighted by Gasteiger charge is 2.36. The van der Waals surface area contributed by atoms with Crippen molar-refractivity contribution in [3.63, 3.8) is 0 Å². The summed E-state index contributed by atoms with van der Waals surface area (Å²) in [5.41, 5.74) is 0.366. The van der Waals surface area contributed by atoms with E-state index in [9.17, 15) is 18.0 Å². The van der Waals surface area contributed by atoms with Crippen molar-refractivity contribution < 1.29 is 22.7 Å². The summed E-state index contributed by atoms with van der Waals surface area (Å²) in [6.07, 6.45) is 1.43. The maximum Gasteiger partial charge on any atom is 0.381 e. The normalized spacial score (nSPS) is 11.8. The first kappa shape index (κ1) is 12.3. The minimum absolute atomic E-state index is 0.366. The Morgan fingerprint density at radius 3 is 2.38 bits per heavy atom. The second kappa shape index (κ2) is 4.83. The quantitative estimate of drug-likeness (QED) is 0.746. The van der Waals surface area contributed by atoms with Crippen LogP contribution in [0.15, 0.2) is 30.3 Å². The van der Waals surface area contributed by atoms with Gasteiger partial charge < -0.3 is 4.74 Å². The SMILES string of the molecule is COC(=O)C(F)(F)/C=C/c1ccc(F)cc1. The Balaban J connectivity index is 2.80. The third-order valence-electron chi connectivity index (χ3n) is 1.81. The number of alkyl halides is 2. The number of esters is 1. The van der Waals surface area contributed by atoms with Crippen LogP contribution in [0.1, 0.15) is 5.56 Å². The van der Waals surface area contributed by atoms with Crippen molar-refractivity contribution in [3.05, 3.63) is 41.7 Å². The summed E-state index contributed by atoms with van der Waals surface area (Å²) in [4.78, 5) is 10.6. The van der Waals surface area contributed by atoms with Gasteiger partial charge in [-0.2, -0.15) is 8.78 Å². The molecule has 1 aromatic rings. The van der Waals surface area contributed by atoms with Gasteiger partial charge in [0.05, 0.1) is 7.11 Å². The number of ether oxygens (including phenoxy) is 1. The first-order chi connectivity index (χ1) is 7.45. The molecule has 0 fully saturated rings. The number of halogens is 3. The molecule has 0 saturated carbocycles. The third-order valence-corrected chi connectivity index (χ3v) is 1.81. The van der Waals surface area contributed by atoms with Crippen molar-refractivity contribution in [2.24, 2.45) is 0 Å². The van der Waals surface area contributed by atoms with Gasteiger partial charge in [0.15, 0.2) is 0 Å². The number of rotatable bonds is 3. The van der Waals surface area contributed by atoms with Crippen LogP contribution in [0.4, 0.5) is 13.2 Å². The zero-order valence-electron chi connectivity index (χ0n) is 8.41. The van der Waals surface area contributed by atoms with Gasteiger partial charge in [-0.05, 0) is 23.8 Å². The maximum absolute atomic E-state index is 12.9. The van der Waals surface area contributed by atoms with Gasteiger partial charge in [0.25, 0.3) is 0 Å². The third kappa shape index (κ3) is 3.12. The Hall–Kier alpha value is -1.78. The smallest absolute Gasteiger partial charge is 0.381 e. The fraction of sp³-hybridized carbons (Fsp3) is 0.182. The molecule has 16 heavy (non-hydrogen) atoms. The lowest BCUT2D eigenvalue weighted by Gasteiger charge is -2.07. The van der Waals surface area contributed by atoms with E-state index in [1.165, 1.54) is 12.1 Å². The molecule has 0 aliphatic heterocycles. The first-order valence-corrected chi connectivity index (χ1v) is 4.37. The van der Waals surface area contributed by atoms with E-state index >= 15 is 0 Å². The minimum atomic E-state index is -3.68. The molecule has 0 bridgehead atoms. The van der Waals surface area contributed by atoms with Gasteiger partial charge >= 0.3 is 11.9 Å². The zero-order chi connectivity index (χ0) is 12.2. The molecule has 0 radical (unpaired) electrons. The van der Waals surface area contributed by atoms with E-state index in [2.05, 4.69) is 4.74 Å². The monoisotopic (exact) mass is 230 g/mol. The van der Waals surface area contributed by atoms with Gasteiger partial charge in [0.1, 0.15) is 5.82 Å². The van der Waals surface area contributed by atoms with Gasteiger partial charge in [-0.25, -0.2) is 9.18 Å². The van der Waals surface area contributed by atoms with E-state index in [4.69, 9.17) is 0 Å². The van der Waals surface area contributed by atoms with Crippen LogP contribution in [0.25, 0.3) is 6.08 Å². The molecule has 0 heterocycles. The molecule has 0 aliphatic rings. The van der Waals surface area contributed by atoms with Gasteiger partial charge in [0, 0.05) is 0 Å². The average Bonchev–Trinajstić information content (AvgIpc) is 2.27. The van der Waals surface area contributed by atoms with Crippen molar-refractivity contribution in [1.29, 1.82) is 0 Å². The fourth-order valence-electron chi connectivity index (χ4n) is 0.979. The number of carbonyl (C=O) groups is 1. The van der Waals surface area contributed by atoms with Gasteiger partial charge in [0.2, 0.25) is 0 Å². The van der Waals surface area contributed by atoms with Crippen LogP contribution >= 0.6 is 0 Å². The van der Waals surface area contributed by atoms with E-state index in [1.807, 2.05) is 0 Å². The van der Waals surface area contributed by atoms with Gasteiger partial charge in [-0.15, -0.1) is 0 Å². The standard InChI is InChI=1S/C11H9F3O2/c1-16-10(15)11(13,14)7-6-8-2-4-9(12)5-3-8/h2-7H,1H3/b7-6+. The number of benzene rings is 1. The molecule has 86 valence electrons. The predicted molar refractivity (Wildman–Crippen MR) is 52.4 cm³/mol. The van der Waals surface area contributed by atoms with E-state index in [0.29, 0.717) is 11.6 Å². The van der Waals surface area contributed by atoms with Crippen molar-refractivity contribution in [1.82, 2.24) is 0 Å². The van der Waals surface area contributed by atoms with Crippen LogP contribution < -0.4 is 0 Å². The summed E-state index contributed by atoms with van der Waals surface area (Å²) in [5, 5.41) is 0. The number of carbonyl (C=O) groups excluding carboxylic acids is 1. The maximum atomic E-state index is 12.9. The highest BCUT2D eigenvalue weighted by atomic mass is 19.3. The topological polar surface area (TPSA) is 26.3 Å². The van der Waals surface area contributed by atoms with Crippen LogP contribution in [0.5, 0.6) is 0 Å². The van der Waals surface area contributed by atoms with Crippen molar-refractivity contribution >= 4 is 12.0 Å². The second-order valence-electron chi connectivity index (χ2n) is 3.00. The molecule has 0 saturated heterocycles. The molecule has 0 amide bonds. The lowest BCUT2D eigenvalue weighted by molar-refractivity contribution is -0.161. The summed E-state index contributed by atoms with van der Waals surface area (Å²) in [7, 11) is 0.877. The molecule has 0 unspecified atom stereocenters. The van der Waals surface area contributed by atoms with Crippen LogP contribution in [0.3, 0.4) is 0 Å². The highest BCUT2D eigenvalue weighted by molar-refractivity contribution is 5.81. The van der Waals surface area contributed by atoms with E-state index in [1.54, 1.807) is 0 Å². The van der Waals surface area contributed by atoms with E-state index in [0.717, 1.165) is 25.3 Å². The van der Waals surface area contributed by atoms with Gasteiger partial charge in [-0.3, -0.25) is 0 Å². The molecule has 0 N–H and O–H groups in total. The molecule has 0 atom stereocenters. The predicted octanol–water partition coefficient (Wildman–Crippen LogP) is 2.65. The molecule has 1 rings (SSSR count). The number of hydrogen-bond donors (Lipinski definition) is 0. The Kier molecular flexibility index (Phi) is 3.71. The number of hydrogen-bond acceptors (Lipinski definition) is 2. The summed E-state index contributed by atoms with van der Waals surface area (Å²) >= 11 is 0. The Labute approximate surface area is 90.3 Å². The van der Waals surface area contributed by atoms with E-state index in [-0.39, 0.29) is 0 Å². The van der Waals surface area contributed by atoms with Crippen molar-refractivity contribution in [2.45, 2.75) is 5.92 Å². The summed E-state index contributed by atoms with van der Waals surface area (Å²) < 4.78 is 42.3. The van der Waals surface area contributed by atoms with Crippen LogP contribution in [-0.2, 0) is 9.53 Å². The molecular weight excluding hydrogens is 221 g/mol. The first-order valence-electron chi connectivity index (χ1n) is 4.37. The minimum Gasteiger partial charge on any atom is -0.464 e. The number of methoxy groups -OCH3 is 1. The summed E-state index contributed by atoms with van der Waals surface area (Å²) in [6, 6.07) is 4.91. The molecule has 2 nitrogen and oxygen atoms in total. The molecule has 0 aromatic heterocycles. The summed E-state index contributed by atoms with van der Waals surface area (Å²) in [6.45, 7) is 0. The van der Waals surface area contributed by atoms with Crippen molar-refractivity contribution in [3.8, 4) is 0 Å². The van der Waals surface area contributed by atoms with Crippen molar-refractivity contribution in [2.75, 3.05) is 7.11 Å². The van der Waals surface area contributed by atoms with Crippen LogP contribution in [0.2, 0.25) is 0 Å². The lowest BCUT2D eigenvalue weighted by Crippen LogP contribution is -2.27. The van der Waals surface area contributed by atoms with Gasteiger partial charge in [-0.1, -0.05) is 18.2 Å². The molecule has 0 aliphatic carbocycles. The molecular formula is C11H9F3O2. The van der Waals surface area contributed by atoms with Crippen LogP contribution in [-0.4, -0.2) is 19.0 Å². The zero-order valence-corrected chi connectivity index (χ0v) is 8.41. The Bertz CT molecular complexity index is 396.